The van der Waals surface area contributed by atoms with E-state index >= 15 is 0 Å². The summed E-state index contributed by atoms with van der Waals surface area (Å²) in [5, 5.41) is 4.08. The Labute approximate surface area is 173 Å². The van der Waals surface area contributed by atoms with Crippen molar-refractivity contribution in [3.05, 3.63) is 93.4 Å². The van der Waals surface area contributed by atoms with Gasteiger partial charge in [0, 0.05) is 17.3 Å². The van der Waals surface area contributed by atoms with Gasteiger partial charge >= 0.3 is 5.69 Å². The average molecular weight is 415 g/mol. The number of anilines is 1. The first kappa shape index (κ1) is 19.9. The van der Waals surface area contributed by atoms with Crippen molar-refractivity contribution >= 4 is 28.3 Å². The summed E-state index contributed by atoms with van der Waals surface area (Å²) >= 11 is 5.90. The Bertz CT molecular complexity index is 1120. The van der Waals surface area contributed by atoms with Crippen LogP contribution in [0, 0.1) is 0 Å². The Balaban J connectivity index is 0.00000225. The minimum Gasteiger partial charge on any atom is -1.00 e. The molecule has 1 aromatic heterocycles. The van der Waals surface area contributed by atoms with Gasteiger partial charge in [-0.15, -0.1) is 0 Å². The van der Waals surface area contributed by atoms with Gasteiger partial charge in [0.25, 0.3) is 0 Å². The Morgan fingerprint density at radius 3 is 2.50 bits per heavy atom. The third kappa shape index (κ3) is 4.88. The summed E-state index contributed by atoms with van der Waals surface area (Å²) in [6.07, 6.45) is 0. The molecule has 7 heteroatoms. The van der Waals surface area contributed by atoms with Gasteiger partial charge in [0.15, 0.2) is 0 Å². The summed E-state index contributed by atoms with van der Waals surface area (Å²) in [6, 6.07) is 21.3. The summed E-state index contributed by atoms with van der Waals surface area (Å²) in [7, 11) is 0. The number of fused-ring (bicyclic) bond motifs is 1. The van der Waals surface area contributed by atoms with E-state index in [0.29, 0.717) is 18.2 Å². The molecule has 4 rings (SSSR count). The molecule has 4 aromatic rings. The zero-order valence-electron chi connectivity index (χ0n) is 14.8. The summed E-state index contributed by atoms with van der Waals surface area (Å²) in [5.74, 6) is 0.815. The standard InChI is InChI=1S/C21H18ClN3O2.ClH/c22-16-6-4-14(5-7-16)13-27-18-3-1-2-15(10-18)12-23-17-8-9-19-20(11-17)25-21(26)24-19;/h1-11,23H,12-13H2,(H2,24,25,26);1H/p-1. The predicted octanol–water partition coefficient (Wildman–Crippen LogP) is 1.70. The fourth-order valence-corrected chi connectivity index (χ4v) is 2.97. The Hall–Kier alpha value is -2.89. The average Bonchev–Trinajstić information content (AvgIpc) is 3.05. The molecular formula is C21H18Cl2N3O2-. The maximum Gasteiger partial charge on any atom is 0.323 e. The van der Waals surface area contributed by atoms with Crippen LogP contribution in [0.1, 0.15) is 11.1 Å². The number of benzene rings is 3. The van der Waals surface area contributed by atoms with Crippen molar-refractivity contribution in [1.82, 2.24) is 9.97 Å². The third-order valence-corrected chi connectivity index (χ3v) is 4.48. The lowest BCUT2D eigenvalue weighted by Gasteiger charge is -2.10. The molecule has 0 bridgehead atoms. The van der Waals surface area contributed by atoms with Gasteiger partial charge in [-0.25, -0.2) is 4.79 Å². The first-order valence-corrected chi connectivity index (χ1v) is 8.96. The number of imidazole rings is 1. The van der Waals surface area contributed by atoms with E-state index in [2.05, 4.69) is 15.3 Å². The zero-order chi connectivity index (χ0) is 18.6. The van der Waals surface area contributed by atoms with E-state index in [1.54, 1.807) is 0 Å². The molecule has 0 aliphatic rings. The van der Waals surface area contributed by atoms with Gasteiger partial charge in [-0.2, -0.15) is 0 Å². The number of nitrogens with one attached hydrogen (secondary N) is 3. The van der Waals surface area contributed by atoms with Crippen molar-refractivity contribution in [3.63, 3.8) is 0 Å². The Morgan fingerprint density at radius 1 is 0.893 bits per heavy atom. The summed E-state index contributed by atoms with van der Waals surface area (Å²) in [6.45, 7) is 1.14. The molecule has 5 nitrogen and oxygen atoms in total. The largest absolute Gasteiger partial charge is 1.00 e. The molecule has 3 N–H and O–H groups in total. The van der Waals surface area contributed by atoms with Crippen LogP contribution in [0.25, 0.3) is 11.0 Å². The van der Waals surface area contributed by atoms with Gasteiger partial charge < -0.3 is 32.4 Å². The van der Waals surface area contributed by atoms with Gasteiger partial charge in [0.05, 0.1) is 11.0 Å². The highest BCUT2D eigenvalue weighted by Crippen LogP contribution is 2.19. The van der Waals surface area contributed by atoms with Crippen LogP contribution in [0.5, 0.6) is 5.75 Å². The quantitative estimate of drug-likeness (QED) is 0.449. The SMILES string of the molecule is O=c1[nH]c2ccc(NCc3cccc(OCc4ccc(Cl)cc4)c3)cc2[nH]1.[Cl-]. The maximum atomic E-state index is 11.3. The topological polar surface area (TPSA) is 69.9 Å². The molecule has 0 fully saturated rings. The van der Waals surface area contributed by atoms with Gasteiger partial charge in [-0.1, -0.05) is 35.9 Å². The molecular weight excluding hydrogens is 397 g/mol. The second-order valence-corrected chi connectivity index (χ2v) is 6.69. The van der Waals surface area contributed by atoms with Crippen molar-refractivity contribution in [3.8, 4) is 5.75 Å². The van der Waals surface area contributed by atoms with Crippen LogP contribution < -0.4 is 28.2 Å². The van der Waals surface area contributed by atoms with E-state index < -0.39 is 0 Å². The van der Waals surface area contributed by atoms with Crippen molar-refractivity contribution < 1.29 is 17.1 Å². The van der Waals surface area contributed by atoms with E-state index in [4.69, 9.17) is 16.3 Å². The second kappa shape index (κ2) is 8.87. The molecule has 0 saturated carbocycles. The Kier molecular flexibility index (Phi) is 6.29. The highest BCUT2D eigenvalue weighted by molar-refractivity contribution is 6.30. The fraction of sp³-hybridized carbons (Fsp3) is 0.0952. The van der Waals surface area contributed by atoms with Crippen molar-refractivity contribution in [2.24, 2.45) is 0 Å². The molecule has 0 unspecified atom stereocenters. The van der Waals surface area contributed by atoms with Crippen molar-refractivity contribution in [2.45, 2.75) is 13.2 Å². The summed E-state index contributed by atoms with van der Waals surface area (Å²) in [5.41, 5.74) is 4.48. The number of ether oxygens (including phenoxy) is 1. The molecule has 0 radical (unpaired) electrons. The number of aromatic amines is 2. The molecule has 0 aliphatic heterocycles. The molecule has 0 amide bonds. The third-order valence-electron chi connectivity index (χ3n) is 4.23. The summed E-state index contributed by atoms with van der Waals surface area (Å²) in [4.78, 5) is 16.8. The number of aromatic nitrogens is 2. The molecule has 3 aromatic carbocycles. The first-order valence-electron chi connectivity index (χ1n) is 8.58. The molecule has 144 valence electrons. The van der Waals surface area contributed by atoms with Crippen LogP contribution >= 0.6 is 11.6 Å². The highest BCUT2D eigenvalue weighted by atomic mass is 35.5. The van der Waals surface area contributed by atoms with Crippen molar-refractivity contribution in [2.75, 3.05) is 5.32 Å². The highest BCUT2D eigenvalue weighted by Gasteiger charge is 2.02. The van der Waals surface area contributed by atoms with E-state index in [1.165, 1.54) is 0 Å². The monoisotopic (exact) mass is 414 g/mol. The van der Waals surface area contributed by atoms with E-state index in [1.807, 2.05) is 66.7 Å². The normalized spacial score (nSPS) is 10.5. The maximum absolute atomic E-state index is 11.3. The first-order chi connectivity index (χ1) is 13.2. The van der Waals surface area contributed by atoms with Gasteiger partial charge in [0.2, 0.25) is 0 Å². The minimum absolute atomic E-state index is 0. The van der Waals surface area contributed by atoms with Crippen LogP contribution in [0.15, 0.2) is 71.5 Å². The molecule has 1 heterocycles. The van der Waals surface area contributed by atoms with Gasteiger partial charge in [-0.05, 0) is 53.6 Å². The zero-order valence-corrected chi connectivity index (χ0v) is 16.3. The Morgan fingerprint density at radius 2 is 1.68 bits per heavy atom. The predicted molar refractivity (Wildman–Crippen MR) is 108 cm³/mol. The van der Waals surface area contributed by atoms with Crippen LogP contribution in [0.2, 0.25) is 5.02 Å². The second-order valence-electron chi connectivity index (χ2n) is 6.26. The molecule has 0 saturated heterocycles. The van der Waals surface area contributed by atoms with Crippen LogP contribution in [0.4, 0.5) is 5.69 Å². The molecule has 0 spiro atoms. The van der Waals surface area contributed by atoms with Gasteiger partial charge in [-0.3, -0.25) is 0 Å². The van der Waals surface area contributed by atoms with Crippen LogP contribution in [-0.4, -0.2) is 9.97 Å². The van der Waals surface area contributed by atoms with E-state index in [-0.39, 0.29) is 18.1 Å². The smallest absolute Gasteiger partial charge is 0.323 e. The lowest BCUT2D eigenvalue weighted by Crippen LogP contribution is -3.00. The number of hydrogen-bond acceptors (Lipinski definition) is 3. The number of rotatable bonds is 6. The fourth-order valence-electron chi connectivity index (χ4n) is 2.84. The number of hydrogen-bond donors (Lipinski definition) is 3. The van der Waals surface area contributed by atoms with Gasteiger partial charge in [0.1, 0.15) is 12.4 Å². The molecule has 0 atom stereocenters. The lowest BCUT2D eigenvalue weighted by molar-refractivity contribution is -0.00000583. The number of H-pyrrole nitrogens is 2. The molecule has 0 aliphatic carbocycles. The lowest BCUT2D eigenvalue weighted by atomic mass is 10.2. The summed E-state index contributed by atoms with van der Waals surface area (Å²) < 4.78 is 5.87. The van der Waals surface area contributed by atoms with Crippen LogP contribution in [0.3, 0.4) is 0 Å². The minimum atomic E-state index is -0.201. The van der Waals surface area contributed by atoms with E-state index in [9.17, 15) is 4.79 Å². The van der Waals surface area contributed by atoms with E-state index in [0.717, 1.165) is 33.6 Å². The van der Waals surface area contributed by atoms with Crippen LogP contribution in [-0.2, 0) is 13.2 Å². The van der Waals surface area contributed by atoms with Crippen molar-refractivity contribution in [1.29, 1.82) is 0 Å². The molecule has 28 heavy (non-hydrogen) atoms. The number of halogens is 2.